The van der Waals surface area contributed by atoms with Crippen molar-refractivity contribution in [3.63, 3.8) is 0 Å². The molecule has 0 atom stereocenters. The van der Waals surface area contributed by atoms with Gasteiger partial charge in [-0.2, -0.15) is 13.2 Å². The minimum atomic E-state index is -4.71. The van der Waals surface area contributed by atoms with Crippen molar-refractivity contribution in [1.29, 1.82) is 0 Å². The van der Waals surface area contributed by atoms with Crippen LogP contribution < -0.4 is 9.64 Å². The summed E-state index contributed by atoms with van der Waals surface area (Å²) >= 11 is 0. The van der Waals surface area contributed by atoms with E-state index in [9.17, 15) is 28.1 Å². The number of nitrogens with zero attached hydrogens (tertiary/aromatic N) is 3. The van der Waals surface area contributed by atoms with Crippen molar-refractivity contribution in [3.05, 3.63) is 51.7 Å². The van der Waals surface area contributed by atoms with Crippen LogP contribution in [-0.4, -0.2) is 36.1 Å². The first-order chi connectivity index (χ1) is 13.5. The Morgan fingerprint density at radius 3 is 2.55 bits per heavy atom. The van der Waals surface area contributed by atoms with Gasteiger partial charge in [-0.3, -0.25) is 14.9 Å². The number of ether oxygens (including phenoxy) is 2. The van der Waals surface area contributed by atoms with Crippen LogP contribution in [0.1, 0.15) is 18.1 Å². The van der Waals surface area contributed by atoms with Crippen LogP contribution in [0.3, 0.4) is 0 Å². The molecule has 11 heteroatoms. The Morgan fingerprint density at radius 1 is 1.31 bits per heavy atom. The highest BCUT2D eigenvalue weighted by molar-refractivity contribution is 5.76. The van der Waals surface area contributed by atoms with Crippen LogP contribution in [0.2, 0.25) is 0 Å². The van der Waals surface area contributed by atoms with Gasteiger partial charge in [0.2, 0.25) is 5.88 Å². The lowest BCUT2D eigenvalue weighted by Crippen LogP contribution is -2.29. The molecule has 0 amide bonds. The molecule has 1 aromatic heterocycles. The molecule has 0 aliphatic heterocycles. The van der Waals surface area contributed by atoms with Crippen molar-refractivity contribution >= 4 is 17.3 Å². The molecule has 29 heavy (non-hydrogen) atoms. The molecule has 0 saturated carbocycles. The van der Waals surface area contributed by atoms with E-state index in [1.54, 1.807) is 6.92 Å². The number of pyridine rings is 1. The summed E-state index contributed by atoms with van der Waals surface area (Å²) in [6.45, 7) is 2.81. The Bertz CT molecular complexity index is 918. The summed E-state index contributed by atoms with van der Waals surface area (Å²) in [5, 5.41) is 10.8. The number of likely N-dealkylation sites (N-methyl/N-ethyl adjacent to an activating group) is 1. The van der Waals surface area contributed by atoms with Gasteiger partial charge in [0.05, 0.1) is 17.1 Å². The van der Waals surface area contributed by atoms with Gasteiger partial charge in [0.15, 0.2) is 0 Å². The Morgan fingerprint density at radius 2 is 2.00 bits per heavy atom. The number of hydrogen-bond donors (Lipinski definition) is 0. The maximum atomic E-state index is 13.5. The Balaban J connectivity index is 2.33. The largest absolute Gasteiger partial charge is 0.465 e. The lowest BCUT2D eigenvalue weighted by Gasteiger charge is -2.23. The highest BCUT2D eigenvalue weighted by Crippen LogP contribution is 2.39. The fraction of sp³-hybridized carbons (Fsp3) is 0.333. The maximum Gasteiger partial charge on any atom is 0.418 e. The molecule has 0 N–H and O–H groups in total. The van der Waals surface area contributed by atoms with Gasteiger partial charge in [-0.05, 0) is 32.0 Å². The van der Waals surface area contributed by atoms with Crippen LogP contribution in [0, 0.1) is 17.0 Å². The van der Waals surface area contributed by atoms with Crippen molar-refractivity contribution in [2.75, 3.05) is 25.1 Å². The molecule has 2 aromatic rings. The third-order valence-corrected chi connectivity index (χ3v) is 3.83. The predicted octanol–water partition coefficient (Wildman–Crippen LogP) is 4.11. The first-order valence-electron chi connectivity index (χ1n) is 8.39. The van der Waals surface area contributed by atoms with E-state index < -0.39 is 22.6 Å². The number of rotatable bonds is 7. The summed E-state index contributed by atoms with van der Waals surface area (Å²) in [7, 11) is 1.34. The van der Waals surface area contributed by atoms with E-state index in [0.29, 0.717) is 0 Å². The summed E-state index contributed by atoms with van der Waals surface area (Å²) in [4.78, 5) is 26.7. The first kappa shape index (κ1) is 21.9. The zero-order valence-electron chi connectivity index (χ0n) is 15.8. The Labute approximate surface area is 164 Å². The predicted molar refractivity (Wildman–Crippen MR) is 97.0 cm³/mol. The number of aromatic nitrogens is 1. The number of carbonyl (C=O) groups excluding carboxylic acids is 1. The maximum absolute atomic E-state index is 13.5. The molecule has 1 heterocycles. The minimum Gasteiger partial charge on any atom is -0.465 e. The third-order valence-electron chi connectivity index (χ3n) is 3.83. The second-order valence-corrected chi connectivity index (χ2v) is 6.01. The fourth-order valence-corrected chi connectivity index (χ4v) is 2.51. The lowest BCUT2D eigenvalue weighted by molar-refractivity contribution is -0.385. The average Bonchev–Trinajstić information content (AvgIpc) is 2.60. The highest BCUT2D eigenvalue weighted by Gasteiger charge is 2.35. The number of aryl methyl sites for hydroxylation is 1. The SMILES string of the molecule is CCOC(=O)CN(C)c1ccc(Oc2cc(C)c([N+](=O)[O-])cn2)cc1C(F)(F)F. The summed E-state index contributed by atoms with van der Waals surface area (Å²) in [5.41, 5.74) is -1.22. The summed E-state index contributed by atoms with van der Waals surface area (Å²) in [5.74, 6) is -0.908. The number of hydrogen-bond acceptors (Lipinski definition) is 7. The first-order valence-corrected chi connectivity index (χ1v) is 8.39. The van der Waals surface area contributed by atoms with Crippen LogP contribution >= 0.6 is 0 Å². The summed E-state index contributed by atoms with van der Waals surface area (Å²) in [6.07, 6.45) is -3.74. The molecule has 8 nitrogen and oxygen atoms in total. The van der Waals surface area contributed by atoms with Gasteiger partial charge >= 0.3 is 12.1 Å². The van der Waals surface area contributed by atoms with Crippen LogP contribution in [0.25, 0.3) is 0 Å². The molecule has 0 radical (unpaired) electrons. The standard InChI is InChI=1S/C18H18F3N3O5/c1-4-28-17(25)10-23(3)14-6-5-12(8-13(14)18(19,20)21)29-16-7-11(2)15(9-22-16)24(26)27/h5-9H,4,10H2,1-3H3. The van der Waals surface area contributed by atoms with Gasteiger partial charge in [-0.25, -0.2) is 4.98 Å². The van der Waals surface area contributed by atoms with E-state index >= 15 is 0 Å². The van der Waals surface area contributed by atoms with Crippen molar-refractivity contribution in [2.45, 2.75) is 20.0 Å². The number of nitro groups is 1. The number of carbonyl (C=O) groups is 1. The van der Waals surface area contributed by atoms with Gasteiger partial charge in [0.1, 0.15) is 18.5 Å². The molecular formula is C18H18F3N3O5. The summed E-state index contributed by atoms with van der Waals surface area (Å²) in [6, 6.07) is 4.47. The van der Waals surface area contributed by atoms with Gasteiger partial charge in [-0.15, -0.1) is 0 Å². The molecule has 0 unspecified atom stereocenters. The van der Waals surface area contributed by atoms with Gasteiger partial charge < -0.3 is 14.4 Å². The van der Waals surface area contributed by atoms with Crippen LogP contribution in [-0.2, 0) is 15.7 Å². The molecule has 1 aromatic carbocycles. The minimum absolute atomic E-state index is 0.0890. The smallest absolute Gasteiger partial charge is 0.418 e. The van der Waals surface area contributed by atoms with Crippen LogP contribution in [0.15, 0.2) is 30.5 Å². The molecule has 0 aliphatic carbocycles. The molecular weight excluding hydrogens is 395 g/mol. The number of halogens is 3. The molecule has 2 rings (SSSR count). The normalized spacial score (nSPS) is 11.1. The average molecular weight is 413 g/mol. The van der Waals surface area contributed by atoms with E-state index in [4.69, 9.17) is 9.47 Å². The van der Waals surface area contributed by atoms with E-state index in [-0.39, 0.29) is 41.7 Å². The monoisotopic (exact) mass is 413 g/mol. The van der Waals surface area contributed by atoms with Gasteiger partial charge in [0, 0.05) is 24.4 Å². The number of esters is 1. The van der Waals surface area contributed by atoms with E-state index in [1.807, 2.05) is 0 Å². The van der Waals surface area contributed by atoms with Crippen molar-refractivity contribution in [2.24, 2.45) is 0 Å². The Kier molecular flexibility index (Phi) is 6.62. The van der Waals surface area contributed by atoms with E-state index in [0.717, 1.165) is 23.2 Å². The Hall–Kier alpha value is -3.37. The van der Waals surface area contributed by atoms with E-state index in [1.165, 1.54) is 26.1 Å². The zero-order valence-corrected chi connectivity index (χ0v) is 15.8. The highest BCUT2D eigenvalue weighted by atomic mass is 19.4. The fourth-order valence-electron chi connectivity index (χ4n) is 2.51. The van der Waals surface area contributed by atoms with Crippen molar-refractivity contribution in [3.8, 4) is 11.6 Å². The zero-order chi connectivity index (χ0) is 21.8. The van der Waals surface area contributed by atoms with Crippen molar-refractivity contribution < 1.29 is 32.4 Å². The number of anilines is 1. The number of alkyl halides is 3. The quantitative estimate of drug-likeness (QED) is 0.383. The molecule has 156 valence electrons. The van der Waals surface area contributed by atoms with Crippen molar-refractivity contribution in [1.82, 2.24) is 4.98 Å². The molecule has 0 spiro atoms. The third kappa shape index (κ3) is 5.56. The molecule has 0 aliphatic rings. The molecule has 0 fully saturated rings. The van der Waals surface area contributed by atoms with E-state index in [2.05, 4.69) is 4.98 Å². The number of benzene rings is 1. The van der Waals surface area contributed by atoms with Gasteiger partial charge in [-0.1, -0.05) is 0 Å². The lowest BCUT2D eigenvalue weighted by atomic mass is 10.1. The molecule has 0 bridgehead atoms. The van der Waals surface area contributed by atoms with Crippen LogP contribution in [0.5, 0.6) is 11.6 Å². The van der Waals surface area contributed by atoms with Crippen LogP contribution in [0.4, 0.5) is 24.5 Å². The van der Waals surface area contributed by atoms with Gasteiger partial charge in [0.25, 0.3) is 5.69 Å². The summed E-state index contributed by atoms with van der Waals surface area (Å²) < 4.78 is 50.7. The molecule has 0 saturated heterocycles. The second kappa shape index (κ2) is 8.76. The second-order valence-electron chi connectivity index (χ2n) is 6.01. The topological polar surface area (TPSA) is 94.8 Å².